The molecule has 5 rings (SSSR count). The van der Waals surface area contributed by atoms with Crippen LogP contribution in [0.5, 0.6) is 0 Å². The molecule has 1 atom stereocenters. The fraction of sp³-hybridized carbons (Fsp3) is 0.391. The molecule has 3 aromatic heterocycles. The third kappa shape index (κ3) is 3.19. The molecule has 4 heterocycles. The van der Waals surface area contributed by atoms with Gasteiger partial charge in [0.1, 0.15) is 5.82 Å². The predicted molar refractivity (Wildman–Crippen MR) is 115 cm³/mol. The summed E-state index contributed by atoms with van der Waals surface area (Å²) in [4.78, 5) is 9.50. The third-order valence-electron chi connectivity index (χ3n) is 6.12. The van der Waals surface area contributed by atoms with Crippen LogP contribution in [0.15, 0.2) is 42.6 Å². The van der Waals surface area contributed by atoms with Crippen molar-refractivity contribution in [1.82, 2.24) is 29.5 Å². The van der Waals surface area contributed by atoms with E-state index in [-0.39, 0.29) is 6.04 Å². The number of pyridine rings is 1. The predicted octanol–water partition coefficient (Wildman–Crippen LogP) is 3.86. The van der Waals surface area contributed by atoms with Crippen molar-refractivity contribution in [1.29, 1.82) is 0 Å². The monoisotopic (exact) mass is 402 g/mol. The molecular weight excluding hydrogens is 376 g/mol. The number of hydrogen-bond acceptors (Lipinski definition) is 5. The van der Waals surface area contributed by atoms with Crippen molar-refractivity contribution in [2.45, 2.75) is 32.7 Å². The van der Waals surface area contributed by atoms with Gasteiger partial charge in [0.25, 0.3) is 0 Å². The standard InChI is InChI=1S/C23H26N6O/c1-15-21(28(3)27-26-15)19-13-20-23(24-14-19)25-16(2)29(20)22(17-7-5-4-6-8-17)18-9-11-30-12-10-18/h4-8,13-14,18,22H,9-12H2,1-3H3. The van der Waals surface area contributed by atoms with Crippen molar-refractivity contribution in [3.63, 3.8) is 0 Å². The van der Waals surface area contributed by atoms with E-state index in [0.29, 0.717) is 5.92 Å². The lowest BCUT2D eigenvalue weighted by molar-refractivity contribution is 0.0545. The van der Waals surface area contributed by atoms with Crippen LogP contribution in [0.1, 0.15) is 36.0 Å². The van der Waals surface area contributed by atoms with Crippen LogP contribution >= 0.6 is 0 Å². The molecule has 0 bridgehead atoms. The summed E-state index contributed by atoms with van der Waals surface area (Å²) in [6.07, 6.45) is 3.95. The first kappa shape index (κ1) is 18.9. The van der Waals surface area contributed by atoms with Crippen LogP contribution in [0.4, 0.5) is 0 Å². The molecule has 0 amide bonds. The Morgan fingerprint density at radius 1 is 1.10 bits per heavy atom. The van der Waals surface area contributed by atoms with Gasteiger partial charge in [-0.15, -0.1) is 5.10 Å². The van der Waals surface area contributed by atoms with Crippen LogP contribution < -0.4 is 0 Å². The number of benzene rings is 1. The summed E-state index contributed by atoms with van der Waals surface area (Å²) in [6, 6.07) is 13.1. The lowest BCUT2D eigenvalue weighted by Gasteiger charge is -2.33. The first-order valence-electron chi connectivity index (χ1n) is 10.5. The molecule has 1 aliphatic heterocycles. The first-order valence-corrected chi connectivity index (χ1v) is 10.5. The van der Waals surface area contributed by atoms with Gasteiger partial charge in [-0.05, 0) is 44.2 Å². The highest BCUT2D eigenvalue weighted by atomic mass is 16.5. The van der Waals surface area contributed by atoms with Gasteiger partial charge in [0.05, 0.1) is 22.9 Å². The second-order valence-corrected chi connectivity index (χ2v) is 8.05. The quantitative estimate of drug-likeness (QED) is 0.518. The Bertz CT molecular complexity index is 1150. The average molecular weight is 403 g/mol. The van der Waals surface area contributed by atoms with Gasteiger partial charge in [-0.3, -0.25) is 0 Å². The van der Waals surface area contributed by atoms with Crippen LogP contribution in [-0.2, 0) is 11.8 Å². The molecule has 0 aliphatic carbocycles. The Morgan fingerprint density at radius 2 is 1.87 bits per heavy atom. The Kier molecular flexibility index (Phi) is 4.83. The van der Waals surface area contributed by atoms with E-state index in [1.165, 1.54) is 5.56 Å². The zero-order valence-electron chi connectivity index (χ0n) is 17.6. The van der Waals surface area contributed by atoms with E-state index >= 15 is 0 Å². The van der Waals surface area contributed by atoms with Crippen molar-refractivity contribution >= 4 is 11.2 Å². The Morgan fingerprint density at radius 3 is 2.57 bits per heavy atom. The molecule has 1 unspecified atom stereocenters. The van der Waals surface area contributed by atoms with Crippen molar-refractivity contribution < 1.29 is 4.74 Å². The summed E-state index contributed by atoms with van der Waals surface area (Å²) in [5.74, 6) is 1.47. The molecule has 0 saturated carbocycles. The smallest absolute Gasteiger partial charge is 0.177 e. The number of aryl methyl sites for hydroxylation is 3. The van der Waals surface area contributed by atoms with Gasteiger partial charge in [-0.25, -0.2) is 14.6 Å². The zero-order chi connectivity index (χ0) is 20.7. The van der Waals surface area contributed by atoms with E-state index in [1.807, 2.05) is 20.2 Å². The highest BCUT2D eigenvalue weighted by molar-refractivity contribution is 5.78. The highest BCUT2D eigenvalue weighted by Gasteiger charge is 2.30. The first-order chi connectivity index (χ1) is 14.6. The number of fused-ring (bicyclic) bond motifs is 1. The summed E-state index contributed by atoms with van der Waals surface area (Å²) in [5.41, 5.74) is 6.01. The molecule has 1 fully saturated rings. The molecule has 154 valence electrons. The minimum absolute atomic E-state index is 0.197. The van der Waals surface area contributed by atoms with Crippen molar-refractivity contribution in [2.24, 2.45) is 13.0 Å². The maximum Gasteiger partial charge on any atom is 0.177 e. The fourth-order valence-corrected chi connectivity index (χ4v) is 4.74. The molecule has 1 aromatic carbocycles. The molecule has 4 aromatic rings. The van der Waals surface area contributed by atoms with Gasteiger partial charge in [-0.1, -0.05) is 35.5 Å². The van der Waals surface area contributed by atoms with Gasteiger partial charge < -0.3 is 9.30 Å². The van der Waals surface area contributed by atoms with Crippen LogP contribution in [0, 0.1) is 19.8 Å². The summed E-state index contributed by atoms with van der Waals surface area (Å²) in [6.45, 7) is 5.67. The normalized spacial score (nSPS) is 16.2. The van der Waals surface area contributed by atoms with E-state index in [4.69, 9.17) is 14.7 Å². The minimum Gasteiger partial charge on any atom is -0.381 e. The Labute approximate surface area is 175 Å². The van der Waals surface area contributed by atoms with E-state index in [1.54, 1.807) is 4.68 Å². The van der Waals surface area contributed by atoms with Gasteiger partial charge in [-0.2, -0.15) is 0 Å². The van der Waals surface area contributed by atoms with Crippen molar-refractivity contribution in [3.8, 4) is 11.3 Å². The van der Waals surface area contributed by atoms with Crippen LogP contribution in [-0.4, -0.2) is 42.7 Å². The minimum atomic E-state index is 0.197. The lowest BCUT2D eigenvalue weighted by atomic mass is 9.86. The number of aromatic nitrogens is 6. The maximum atomic E-state index is 5.66. The summed E-state index contributed by atoms with van der Waals surface area (Å²) >= 11 is 0. The van der Waals surface area contributed by atoms with Crippen molar-refractivity contribution in [2.75, 3.05) is 13.2 Å². The van der Waals surface area contributed by atoms with Gasteiger partial charge in [0, 0.05) is 32.0 Å². The number of imidazole rings is 1. The summed E-state index contributed by atoms with van der Waals surface area (Å²) < 4.78 is 9.84. The molecular formula is C23H26N6O. The highest BCUT2D eigenvalue weighted by Crippen LogP contribution is 2.37. The molecule has 1 aliphatic rings. The Hall–Kier alpha value is -3.06. The van der Waals surface area contributed by atoms with Gasteiger partial charge in [0.2, 0.25) is 0 Å². The second kappa shape index (κ2) is 7.65. The van der Waals surface area contributed by atoms with Gasteiger partial charge >= 0.3 is 0 Å². The van der Waals surface area contributed by atoms with Crippen LogP contribution in [0.2, 0.25) is 0 Å². The topological polar surface area (TPSA) is 70.7 Å². The molecule has 0 spiro atoms. The van der Waals surface area contributed by atoms with E-state index in [0.717, 1.165) is 60.0 Å². The number of ether oxygens (including phenoxy) is 1. The van der Waals surface area contributed by atoms with Crippen molar-refractivity contribution in [3.05, 3.63) is 59.7 Å². The molecule has 7 heteroatoms. The molecule has 0 N–H and O–H groups in total. The largest absolute Gasteiger partial charge is 0.381 e. The molecule has 30 heavy (non-hydrogen) atoms. The fourth-order valence-electron chi connectivity index (χ4n) is 4.74. The zero-order valence-corrected chi connectivity index (χ0v) is 17.6. The number of nitrogens with zero attached hydrogens (tertiary/aromatic N) is 6. The molecule has 0 radical (unpaired) electrons. The maximum absolute atomic E-state index is 5.66. The number of hydrogen-bond donors (Lipinski definition) is 0. The Balaban J connectivity index is 1.70. The van der Waals surface area contributed by atoms with E-state index in [2.05, 4.69) is 58.2 Å². The van der Waals surface area contributed by atoms with Crippen LogP contribution in [0.3, 0.4) is 0 Å². The summed E-state index contributed by atoms with van der Waals surface area (Å²) in [7, 11) is 1.91. The van der Waals surface area contributed by atoms with Crippen LogP contribution in [0.25, 0.3) is 22.4 Å². The summed E-state index contributed by atoms with van der Waals surface area (Å²) in [5, 5.41) is 8.36. The lowest BCUT2D eigenvalue weighted by Crippen LogP contribution is -2.27. The van der Waals surface area contributed by atoms with Gasteiger partial charge in [0.15, 0.2) is 5.65 Å². The molecule has 7 nitrogen and oxygen atoms in total. The van der Waals surface area contributed by atoms with E-state index in [9.17, 15) is 0 Å². The number of rotatable bonds is 4. The van der Waals surface area contributed by atoms with E-state index < -0.39 is 0 Å². The second-order valence-electron chi connectivity index (χ2n) is 8.05. The average Bonchev–Trinajstić information content (AvgIpc) is 3.28. The molecule has 1 saturated heterocycles. The third-order valence-corrected chi connectivity index (χ3v) is 6.12. The SMILES string of the molecule is Cc1nnn(C)c1-c1cnc2nc(C)n(C(c3ccccc3)C3CCOCC3)c2c1.